The molecule has 2 aromatic rings. The van der Waals surface area contributed by atoms with Crippen LogP contribution in [0.25, 0.3) is 11.3 Å². The van der Waals surface area contributed by atoms with E-state index in [1.807, 2.05) is 24.3 Å². The zero-order valence-corrected chi connectivity index (χ0v) is 14.3. The van der Waals surface area contributed by atoms with Gasteiger partial charge in [0.25, 0.3) is 0 Å². The first-order chi connectivity index (χ1) is 10.9. The normalized spacial score (nSPS) is 17.5. The fraction of sp³-hybridized carbons (Fsp3) is 0.400. The number of rotatable bonds is 4. The predicted octanol–water partition coefficient (Wildman–Crippen LogP) is 2.07. The highest BCUT2D eigenvalue weighted by Crippen LogP contribution is 2.24. The average molecular weight is 356 g/mol. The van der Waals surface area contributed by atoms with Gasteiger partial charge in [0.15, 0.2) is 5.76 Å². The van der Waals surface area contributed by atoms with Gasteiger partial charge in [-0.2, -0.15) is 4.31 Å². The summed E-state index contributed by atoms with van der Waals surface area (Å²) in [5, 5.41) is 0.650. The Hall–Kier alpha value is -1.41. The highest BCUT2D eigenvalue weighted by atomic mass is 35.5. The molecule has 0 bridgehead atoms. The van der Waals surface area contributed by atoms with E-state index in [-0.39, 0.29) is 0 Å². The Morgan fingerprint density at radius 1 is 1.26 bits per heavy atom. The molecule has 23 heavy (non-hydrogen) atoms. The summed E-state index contributed by atoms with van der Waals surface area (Å²) in [6.07, 6.45) is 2.93. The molecule has 1 aliphatic rings. The van der Waals surface area contributed by atoms with Crippen LogP contribution in [0, 0.1) is 0 Å². The summed E-state index contributed by atoms with van der Waals surface area (Å²) in [6, 6.07) is 7.42. The molecule has 0 unspecified atom stereocenters. The van der Waals surface area contributed by atoms with E-state index in [9.17, 15) is 8.42 Å². The van der Waals surface area contributed by atoms with Crippen molar-refractivity contribution in [2.75, 3.05) is 32.4 Å². The molecule has 0 atom stereocenters. The molecule has 0 radical (unpaired) electrons. The molecule has 1 aromatic carbocycles. The molecule has 0 spiro atoms. The van der Waals surface area contributed by atoms with Crippen LogP contribution in [0.3, 0.4) is 0 Å². The first-order valence-corrected chi connectivity index (χ1v) is 9.52. The van der Waals surface area contributed by atoms with E-state index in [0.29, 0.717) is 49.4 Å². The van der Waals surface area contributed by atoms with E-state index in [4.69, 9.17) is 16.0 Å². The fourth-order valence-electron chi connectivity index (χ4n) is 2.57. The maximum absolute atomic E-state index is 11.5. The van der Waals surface area contributed by atoms with Crippen LogP contribution in [0.5, 0.6) is 0 Å². The van der Waals surface area contributed by atoms with Gasteiger partial charge in [0.2, 0.25) is 15.9 Å². The quantitative estimate of drug-likeness (QED) is 0.840. The number of hydrogen-bond acceptors (Lipinski definition) is 5. The van der Waals surface area contributed by atoms with Gasteiger partial charge in [-0.1, -0.05) is 23.7 Å². The van der Waals surface area contributed by atoms with Gasteiger partial charge in [-0.3, -0.25) is 4.90 Å². The predicted molar refractivity (Wildman–Crippen MR) is 88.6 cm³/mol. The smallest absolute Gasteiger partial charge is 0.211 e. The minimum absolute atomic E-state index is 0.501. The summed E-state index contributed by atoms with van der Waals surface area (Å²) < 4.78 is 30.3. The lowest BCUT2D eigenvalue weighted by Crippen LogP contribution is -2.47. The molecule has 1 aliphatic heterocycles. The largest absolute Gasteiger partial charge is 0.439 e. The number of nitrogens with zero attached hydrogens (tertiary/aromatic N) is 3. The van der Waals surface area contributed by atoms with Gasteiger partial charge in [0.05, 0.1) is 19.0 Å². The van der Waals surface area contributed by atoms with E-state index in [2.05, 4.69) is 9.88 Å². The van der Waals surface area contributed by atoms with Gasteiger partial charge in [0, 0.05) is 36.8 Å². The Kier molecular flexibility index (Phi) is 4.72. The highest BCUT2D eigenvalue weighted by Gasteiger charge is 2.24. The van der Waals surface area contributed by atoms with Gasteiger partial charge in [-0.05, 0) is 12.1 Å². The first-order valence-electron chi connectivity index (χ1n) is 7.30. The van der Waals surface area contributed by atoms with Crippen LogP contribution in [0.2, 0.25) is 5.02 Å². The van der Waals surface area contributed by atoms with Crippen LogP contribution in [-0.4, -0.2) is 55.0 Å². The summed E-state index contributed by atoms with van der Waals surface area (Å²) in [5.41, 5.74) is 0.887. The van der Waals surface area contributed by atoms with Crippen molar-refractivity contribution in [1.29, 1.82) is 0 Å². The second-order valence-electron chi connectivity index (χ2n) is 5.57. The summed E-state index contributed by atoms with van der Waals surface area (Å²) >= 11 is 5.98. The molecular formula is C15H18ClN3O3S. The molecule has 1 saturated heterocycles. The van der Waals surface area contributed by atoms with Gasteiger partial charge < -0.3 is 4.42 Å². The SMILES string of the molecule is CS(=O)(=O)N1CCN(Cc2ncc(-c3cccc(Cl)c3)o2)CC1. The maximum atomic E-state index is 11.5. The molecule has 1 aromatic heterocycles. The van der Waals surface area contributed by atoms with E-state index in [1.165, 1.54) is 10.6 Å². The van der Waals surface area contributed by atoms with Crippen LogP contribution in [-0.2, 0) is 16.6 Å². The minimum Gasteiger partial charge on any atom is -0.439 e. The minimum atomic E-state index is -3.10. The Morgan fingerprint density at radius 2 is 2.00 bits per heavy atom. The van der Waals surface area contributed by atoms with E-state index in [0.717, 1.165) is 5.56 Å². The highest BCUT2D eigenvalue weighted by molar-refractivity contribution is 7.88. The molecule has 3 rings (SSSR count). The van der Waals surface area contributed by atoms with Gasteiger partial charge in [-0.25, -0.2) is 13.4 Å². The number of aromatic nitrogens is 1. The molecule has 1 fully saturated rings. The van der Waals surface area contributed by atoms with Crippen LogP contribution in [0.15, 0.2) is 34.9 Å². The lowest BCUT2D eigenvalue weighted by Gasteiger charge is -2.32. The average Bonchev–Trinajstić information content (AvgIpc) is 2.95. The number of hydrogen-bond donors (Lipinski definition) is 0. The van der Waals surface area contributed by atoms with Crippen molar-refractivity contribution in [3.63, 3.8) is 0 Å². The van der Waals surface area contributed by atoms with Gasteiger partial charge >= 0.3 is 0 Å². The molecule has 0 saturated carbocycles. The third-order valence-corrected chi connectivity index (χ3v) is 5.36. The van der Waals surface area contributed by atoms with Crippen molar-refractivity contribution >= 4 is 21.6 Å². The van der Waals surface area contributed by atoms with Crippen molar-refractivity contribution < 1.29 is 12.8 Å². The number of benzene rings is 1. The Balaban J connectivity index is 1.62. The number of halogens is 1. The Bertz CT molecular complexity index is 783. The summed E-state index contributed by atoms with van der Waals surface area (Å²) in [4.78, 5) is 6.44. The zero-order valence-electron chi connectivity index (χ0n) is 12.8. The molecule has 0 amide bonds. The molecule has 0 aliphatic carbocycles. The standard InChI is InChI=1S/C15H18ClN3O3S/c1-23(20,21)19-7-5-18(6-8-19)11-15-17-10-14(22-15)12-3-2-4-13(16)9-12/h2-4,9-10H,5-8,11H2,1H3. The van der Waals surface area contributed by atoms with E-state index >= 15 is 0 Å². The summed E-state index contributed by atoms with van der Waals surface area (Å²) in [5.74, 6) is 1.30. The molecule has 6 nitrogen and oxygen atoms in total. The molecular weight excluding hydrogens is 338 g/mol. The van der Waals surface area contributed by atoms with Crippen LogP contribution in [0.1, 0.15) is 5.89 Å². The van der Waals surface area contributed by atoms with Crippen LogP contribution >= 0.6 is 11.6 Å². The maximum Gasteiger partial charge on any atom is 0.211 e. The second kappa shape index (κ2) is 6.60. The zero-order chi connectivity index (χ0) is 16.4. The molecule has 0 N–H and O–H groups in total. The Labute approximate surface area is 140 Å². The third-order valence-electron chi connectivity index (χ3n) is 3.82. The Morgan fingerprint density at radius 3 is 2.65 bits per heavy atom. The topological polar surface area (TPSA) is 66.7 Å². The lowest BCUT2D eigenvalue weighted by molar-refractivity contribution is 0.169. The monoisotopic (exact) mass is 355 g/mol. The molecule has 124 valence electrons. The number of sulfonamides is 1. The van der Waals surface area contributed by atoms with Crippen molar-refractivity contribution in [3.8, 4) is 11.3 Å². The summed E-state index contributed by atoms with van der Waals surface area (Å²) in [7, 11) is -3.10. The van der Waals surface area contributed by atoms with Gasteiger partial charge in [0.1, 0.15) is 0 Å². The van der Waals surface area contributed by atoms with Crippen molar-refractivity contribution in [2.24, 2.45) is 0 Å². The van der Waals surface area contributed by atoms with Crippen LogP contribution < -0.4 is 0 Å². The second-order valence-corrected chi connectivity index (χ2v) is 7.99. The first kappa shape index (κ1) is 16.4. The lowest BCUT2D eigenvalue weighted by atomic mass is 10.2. The summed E-state index contributed by atoms with van der Waals surface area (Å²) in [6.45, 7) is 2.91. The van der Waals surface area contributed by atoms with Crippen molar-refractivity contribution in [3.05, 3.63) is 41.4 Å². The van der Waals surface area contributed by atoms with E-state index in [1.54, 1.807) is 6.20 Å². The van der Waals surface area contributed by atoms with Crippen molar-refractivity contribution in [2.45, 2.75) is 6.54 Å². The molecule has 8 heteroatoms. The van der Waals surface area contributed by atoms with Crippen molar-refractivity contribution in [1.82, 2.24) is 14.2 Å². The number of piperazine rings is 1. The van der Waals surface area contributed by atoms with Crippen LogP contribution in [0.4, 0.5) is 0 Å². The molecule has 2 heterocycles. The fourth-order valence-corrected chi connectivity index (χ4v) is 3.59. The number of oxazole rings is 1. The third kappa shape index (κ3) is 4.11. The van der Waals surface area contributed by atoms with E-state index < -0.39 is 10.0 Å². The van der Waals surface area contributed by atoms with Gasteiger partial charge in [-0.15, -0.1) is 0 Å².